The van der Waals surface area contributed by atoms with Crippen molar-refractivity contribution in [2.45, 2.75) is 32.6 Å². The third-order valence-electron chi connectivity index (χ3n) is 2.82. The third-order valence-corrected chi connectivity index (χ3v) is 2.82. The average Bonchev–Trinajstić information content (AvgIpc) is 2.79. The second-order valence-electron chi connectivity index (χ2n) is 4.07. The zero-order valence-electron chi connectivity index (χ0n) is 9.74. The number of aromatic amines is 1. The fourth-order valence-electron chi connectivity index (χ4n) is 1.93. The van der Waals surface area contributed by atoms with Gasteiger partial charge < -0.3 is 4.98 Å². The van der Waals surface area contributed by atoms with Crippen molar-refractivity contribution in [3.8, 4) is 11.3 Å². The average molecular weight is 214 g/mol. The first-order chi connectivity index (χ1) is 7.92. The number of hydrogen-bond acceptors (Lipinski definition) is 1. The number of nitrogens with one attached hydrogen (secondary N) is 1. The van der Waals surface area contributed by atoms with Crippen molar-refractivity contribution >= 4 is 0 Å². The lowest BCUT2D eigenvalue weighted by atomic mass is 10.0. The number of rotatable bonds is 5. The molecule has 2 nitrogen and oxygen atoms in total. The molecule has 0 aromatic carbocycles. The molecule has 16 heavy (non-hydrogen) atoms. The first-order valence-corrected chi connectivity index (χ1v) is 5.99. The van der Waals surface area contributed by atoms with Crippen LogP contribution in [0.2, 0.25) is 0 Å². The van der Waals surface area contributed by atoms with Gasteiger partial charge in [-0.15, -0.1) is 0 Å². The molecule has 0 aliphatic carbocycles. The molecule has 2 aromatic heterocycles. The topological polar surface area (TPSA) is 28.7 Å². The molecule has 2 heterocycles. The molecule has 0 aliphatic rings. The van der Waals surface area contributed by atoms with E-state index in [1.807, 2.05) is 24.5 Å². The zero-order chi connectivity index (χ0) is 11.2. The Kier molecular flexibility index (Phi) is 3.76. The fourth-order valence-corrected chi connectivity index (χ4v) is 1.93. The molecule has 84 valence electrons. The van der Waals surface area contributed by atoms with Crippen LogP contribution >= 0.6 is 0 Å². The fraction of sp³-hybridized carbons (Fsp3) is 0.357. The maximum atomic E-state index is 4.39. The summed E-state index contributed by atoms with van der Waals surface area (Å²) >= 11 is 0. The summed E-state index contributed by atoms with van der Waals surface area (Å²) < 4.78 is 0. The minimum Gasteiger partial charge on any atom is -0.367 e. The summed E-state index contributed by atoms with van der Waals surface area (Å²) in [5.74, 6) is 0. The molecule has 0 bridgehead atoms. The molecule has 0 spiro atoms. The van der Waals surface area contributed by atoms with Crippen LogP contribution in [-0.2, 0) is 6.42 Å². The van der Waals surface area contributed by atoms with Crippen LogP contribution in [-0.4, -0.2) is 9.97 Å². The van der Waals surface area contributed by atoms with Crippen molar-refractivity contribution in [2.75, 3.05) is 0 Å². The molecular weight excluding hydrogens is 196 g/mol. The highest BCUT2D eigenvalue weighted by atomic mass is 14.7. The predicted octanol–water partition coefficient (Wildman–Crippen LogP) is 3.81. The molecule has 0 saturated carbocycles. The van der Waals surface area contributed by atoms with Gasteiger partial charge in [0.2, 0.25) is 0 Å². The lowest BCUT2D eigenvalue weighted by Crippen LogP contribution is -1.88. The SMILES string of the molecule is CCCCCc1c[nH]cc1-c1ccccn1. The highest BCUT2D eigenvalue weighted by Crippen LogP contribution is 2.22. The van der Waals surface area contributed by atoms with Gasteiger partial charge in [-0.25, -0.2) is 0 Å². The highest BCUT2D eigenvalue weighted by molar-refractivity contribution is 5.62. The molecular formula is C14H18N2. The van der Waals surface area contributed by atoms with Gasteiger partial charge in [-0.1, -0.05) is 25.8 Å². The third kappa shape index (κ3) is 2.51. The van der Waals surface area contributed by atoms with E-state index in [9.17, 15) is 0 Å². The summed E-state index contributed by atoms with van der Waals surface area (Å²) in [6, 6.07) is 6.05. The summed E-state index contributed by atoms with van der Waals surface area (Å²) in [7, 11) is 0. The van der Waals surface area contributed by atoms with Crippen LogP contribution in [0.15, 0.2) is 36.8 Å². The zero-order valence-corrected chi connectivity index (χ0v) is 9.74. The van der Waals surface area contributed by atoms with Gasteiger partial charge in [-0.05, 0) is 30.5 Å². The molecule has 0 saturated heterocycles. The molecule has 0 atom stereocenters. The Bertz CT molecular complexity index is 417. The van der Waals surface area contributed by atoms with Gasteiger partial charge in [-0.2, -0.15) is 0 Å². The van der Waals surface area contributed by atoms with Crippen molar-refractivity contribution in [3.63, 3.8) is 0 Å². The second-order valence-corrected chi connectivity index (χ2v) is 4.07. The van der Waals surface area contributed by atoms with E-state index in [2.05, 4.69) is 29.2 Å². The number of aryl methyl sites for hydroxylation is 1. The van der Waals surface area contributed by atoms with Crippen molar-refractivity contribution in [3.05, 3.63) is 42.4 Å². The largest absolute Gasteiger partial charge is 0.367 e. The van der Waals surface area contributed by atoms with E-state index in [4.69, 9.17) is 0 Å². The number of hydrogen-bond donors (Lipinski definition) is 1. The number of aromatic nitrogens is 2. The van der Waals surface area contributed by atoms with Crippen molar-refractivity contribution in [1.82, 2.24) is 9.97 Å². The summed E-state index contributed by atoms with van der Waals surface area (Å²) in [6.07, 6.45) is 11.0. The van der Waals surface area contributed by atoms with E-state index in [1.54, 1.807) is 0 Å². The number of pyridine rings is 1. The standard InChI is InChI=1S/C14H18N2/c1-2-3-4-7-12-10-15-11-13(12)14-8-5-6-9-16-14/h5-6,8-11,15H,2-4,7H2,1H3. The van der Waals surface area contributed by atoms with E-state index < -0.39 is 0 Å². The smallest absolute Gasteiger partial charge is 0.0719 e. The van der Waals surface area contributed by atoms with Gasteiger partial charge in [0.05, 0.1) is 5.69 Å². The predicted molar refractivity (Wildman–Crippen MR) is 67.3 cm³/mol. The quantitative estimate of drug-likeness (QED) is 0.753. The molecule has 0 radical (unpaired) electrons. The van der Waals surface area contributed by atoms with Crippen LogP contribution in [0.3, 0.4) is 0 Å². The Labute approximate surface area is 96.7 Å². The minimum atomic E-state index is 1.07. The first kappa shape index (κ1) is 10.9. The first-order valence-electron chi connectivity index (χ1n) is 5.99. The van der Waals surface area contributed by atoms with Crippen LogP contribution in [0.1, 0.15) is 31.7 Å². The Morgan fingerprint density at radius 3 is 2.88 bits per heavy atom. The second kappa shape index (κ2) is 5.50. The molecule has 2 rings (SSSR count). The maximum absolute atomic E-state index is 4.39. The van der Waals surface area contributed by atoms with Gasteiger partial charge >= 0.3 is 0 Å². The molecule has 0 aliphatic heterocycles. The lowest BCUT2D eigenvalue weighted by Gasteiger charge is -2.02. The Morgan fingerprint density at radius 2 is 2.12 bits per heavy atom. The van der Waals surface area contributed by atoms with Crippen LogP contribution in [0.4, 0.5) is 0 Å². The van der Waals surface area contributed by atoms with Crippen LogP contribution in [0, 0.1) is 0 Å². The Morgan fingerprint density at radius 1 is 1.19 bits per heavy atom. The molecule has 0 amide bonds. The number of unbranched alkanes of at least 4 members (excludes halogenated alkanes) is 2. The maximum Gasteiger partial charge on any atom is 0.0719 e. The van der Waals surface area contributed by atoms with Gasteiger partial charge in [0.15, 0.2) is 0 Å². The van der Waals surface area contributed by atoms with E-state index in [0.29, 0.717) is 0 Å². The summed E-state index contributed by atoms with van der Waals surface area (Å²) in [4.78, 5) is 7.57. The van der Waals surface area contributed by atoms with Gasteiger partial charge in [-0.3, -0.25) is 4.98 Å². The summed E-state index contributed by atoms with van der Waals surface area (Å²) in [5.41, 5.74) is 3.69. The molecule has 0 fully saturated rings. The normalized spacial score (nSPS) is 10.6. The molecule has 0 unspecified atom stereocenters. The molecule has 1 N–H and O–H groups in total. The van der Waals surface area contributed by atoms with Crippen molar-refractivity contribution < 1.29 is 0 Å². The van der Waals surface area contributed by atoms with E-state index >= 15 is 0 Å². The Hall–Kier alpha value is -1.57. The van der Waals surface area contributed by atoms with Crippen molar-refractivity contribution in [2.24, 2.45) is 0 Å². The van der Waals surface area contributed by atoms with Gasteiger partial charge in [0, 0.05) is 24.2 Å². The van der Waals surface area contributed by atoms with Crippen LogP contribution in [0.25, 0.3) is 11.3 Å². The minimum absolute atomic E-state index is 1.07. The van der Waals surface area contributed by atoms with Crippen LogP contribution < -0.4 is 0 Å². The number of H-pyrrole nitrogens is 1. The van der Waals surface area contributed by atoms with E-state index in [0.717, 1.165) is 12.1 Å². The molecule has 2 aromatic rings. The van der Waals surface area contributed by atoms with E-state index in [-0.39, 0.29) is 0 Å². The summed E-state index contributed by atoms with van der Waals surface area (Å²) in [5, 5.41) is 0. The monoisotopic (exact) mass is 214 g/mol. The van der Waals surface area contributed by atoms with Gasteiger partial charge in [0.1, 0.15) is 0 Å². The summed E-state index contributed by atoms with van der Waals surface area (Å²) in [6.45, 7) is 2.23. The van der Waals surface area contributed by atoms with Crippen molar-refractivity contribution in [1.29, 1.82) is 0 Å². The number of nitrogens with zero attached hydrogens (tertiary/aromatic N) is 1. The molecule has 2 heteroatoms. The Balaban J connectivity index is 2.13. The van der Waals surface area contributed by atoms with E-state index in [1.165, 1.54) is 30.4 Å². The highest BCUT2D eigenvalue weighted by Gasteiger charge is 2.06. The van der Waals surface area contributed by atoms with Gasteiger partial charge in [0.25, 0.3) is 0 Å². The van der Waals surface area contributed by atoms with Crippen LogP contribution in [0.5, 0.6) is 0 Å². The lowest BCUT2D eigenvalue weighted by molar-refractivity contribution is 0.718.